The van der Waals surface area contributed by atoms with E-state index < -0.39 is 0 Å². The quantitative estimate of drug-likeness (QED) is 0.192. The van der Waals surface area contributed by atoms with Gasteiger partial charge in [-0.15, -0.1) is 0 Å². The van der Waals surface area contributed by atoms with E-state index in [4.69, 9.17) is 4.65 Å². The second kappa shape index (κ2) is 9.35. The minimum Gasteiger partial charge on any atom is -0.551 e. The molecule has 0 amide bonds. The third-order valence-corrected chi connectivity index (χ3v) is 9.60. The lowest BCUT2D eigenvalue weighted by molar-refractivity contribution is 0.591. The van der Waals surface area contributed by atoms with Crippen LogP contribution in [0.2, 0.25) is 0 Å². The van der Waals surface area contributed by atoms with Gasteiger partial charge in [0, 0.05) is 27.5 Å². The summed E-state index contributed by atoms with van der Waals surface area (Å²) in [5.74, 6) is 0.931. The largest absolute Gasteiger partial charge is 0.551 e. The highest BCUT2D eigenvalue weighted by atomic mass is 16.4. The minimum absolute atomic E-state index is 0.237. The van der Waals surface area contributed by atoms with Crippen LogP contribution in [-0.4, -0.2) is 6.92 Å². The van der Waals surface area contributed by atoms with E-state index in [0.29, 0.717) is 0 Å². The van der Waals surface area contributed by atoms with Gasteiger partial charge in [-0.2, -0.15) is 0 Å². The number of nitrogens with zero attached hydrogens (tertiary/aromatic N) is 1. The summed E-state index contributed by atoms with van der Waals surface area (Å²) >= 11 is 0. The zero-order valence-electron chi connectivity index (χ0n) is 24.4. The number of rotatable bonds is 2. The number of fused-ring (bicyclic) bond motifs is 8. The topological polar surface area (TPSA) is 12.5 Å². The predicted molar refractivity (Wildman–Crippen MR) is 190 cm³/mol. The molecule has 2 aliphatic heterocycles. The van der Waals surface area contributed by atoms with Gasteiger partial charge >= 0.3 is 6.92 Å². The summed E-state index contributed by atoms with van der Waals surface area (Å²) in [4.78, 5) is 2.51. The lowest BCUT2D eigenvalue weighted by atomic mass is 9.49. The van der Waals surface area contributed by atoms with Gasteiger partial charge in [-0.05, 0) is 74.0 Å². The summed E-state index contributed by atoms with van der Waals surface area (Å²) in [5.41, 5.74) is 10.7. The Morgan fingerprint density at radius 2 is 1.11 bits per heavy atom. The van der Waals surface area contributed by atoms with Crippen molar-refractivity contribution in [2.24, 2.45) is 0 Å². The maximum absolute atomic E-state index is 7.11. The third kappa shape index (κ3) is 3.58. The Hall–Kier alpha value is -5.80. The highest BCUT2D eigenvalue weighted by Gasteiger charge is 2.43. The fraction of sp³-hybridized carbons (Fsp3) is 0. The molecule has 10 rings (SSSR count). The Bertz CT molecular complexity index is 2480. The summed E-state index contributed by atoms with van der Waals surface area (Å²) in [6.45, 7) is -0.237. The molecule has 2 aliphatic rings. The van der Waals surface area contributed by atoms with Crippen LogP contribution in [0.3, 0.4) is 0 Å². The van der Waals surface area contributed by atoms with Crippen LogP contribution in [0.5, 0.6) is 5.75 Å². The van der Waals surface area contributed by atoms with E-state index in [9.17, 15) is 0 Å². The van der Waals surface area contributed by atoms with Crippen LogP contribution in [0.1, 0.15) is 0 Å². The second-order valence-corrected chi connectivity index (χ2v) is 12.1. The van der Waals surface area contributed by atoms with E-state index in [1.165, 1.54) is 71.3 Å². The Kier molecular flexibility index (Phi) is 5.12. The summed E-state index contributed by atoms with van der Waals surface area (Å²) in [7, 11) is 0. The second-order valence-electron chi connectivity index (χ2n) is 12.1. The number of benzene rings is 8. The van der Waals surface area contributed by atoms with E-state index in [2.05, 4.69) is 163 Å². The monoisotopic (exact) mass is 571 g/mol. The van der Waals surface area contributed by atoms with Crippen molar-refractivity contribution in [2.45, 2.75) is 0 Å². The molecule has 0 fully saturated rings. The van der Waals surface area contributed by atoms with E-state index in [1.807, 2.05) is 0 Å². The van der Waals surface area contributed by atoms with Crippen LogP contribution in [-0.2, 0) is 0 Å². The van der Waals surface area contributed by atoms with E-state index in [-0.39, 0.29) is 6.92 Å². The van der Waals surface area contributed by atoms with Gasteiger partial charge in [0.1, 0.15) is 5.75 Å². The average Bonchev–Trinajstić information content (AvgIpc) is 3.11. The van der Waals surface area contributed by atoms with Gasteiger partial charge in [-0.3, -0.25) is 0 Å². The molecular weight excluding hydrogens is 545 g/mol. The molecule has 0 spiro atoms. The fourth-order valence-corrected chi connectivity index (χ4v) is 7.56. The van der Waals surface area contributed by atoms with Crippen molar-refractivity contribution >= 4 is 67.2 Å². The zero-order valence-corrected chi connectivity index (χ0v) is 24.4. The van der Waals surface area contributed by atoms with Crippen molar-refractivity contribution < 1.29 is 4.65 Å². The lowest BCUT2D eigenvalue weighted by Crippen LogP contribution is -2.56. The molecule has 8 aromatic rings. The molecule has 0 saturated carbocycles. The molecule has 0 saturated heterocycles. The van der Waals surface area contributed by atoms with Crippen LogP contribution in [0.15, 0.2) is 158 Å². The summed E-state index contributed by atoms with van der Waals surface area (Å²) < 4.78 is 7.11. The van der Waals surface area contributed by atoms with Crippen LogP contribution in [0.25, 0.3) is 54.6 Å². The van der Waals surface area contributed by atoms with Gasteiger partial charge in [-0.25, -0.2) is 0 Å². The molecule has 8 aromatic carbocycles. The third-order valence-electron chi connectivity index (χ3n) is 9.60. The Labute approximate surface area is 261 Å². The first kappa shape index (κ1) is 24.6. The maximum atomic E-state index is 7.11. The average molecular weight is 571 g/mol. The highest BCUT2D eigenvalue weighted by molar-refractivity contribution is 6.86. The lowest BCUT2D eigenvalue weighted by Gasteiger charge is -2.41. The smallest absolute Gasteiger partial charge is 0.431 e. The molecular formula is C42H26BNO. The first-order chi connectivity index (χ1) is 22.3. The predicted octanol–water partition coefficient (Wildman–Crippen LogP) is 9.76. The van der Waals surface area contributed by atoms with Crippen molar-refractivity contribution in [1.82, 2.24) is 0 Å². The number of hydrogen-bond donors (Lipinski definition) is 0. The zero-order chi connectivity index (χ0) is 29.5. The molecule has 2 nitrogen and oxygen atoms in total. The summed E-state index contributed by atoms with van der Waals surface area (Å²) in [6, 6.07) is 57.2. The molecule has 0 N–H and O–H groups in total. The SMILES string of the molecule is c1ccc(-c2cc3c4c(c2)N(c2cccc5ccccc25)c2c(ccc5ccccc25)B4Oc2cc4ccccc4cc2-3)cc1. The van der Waals surface area contributed by atoms with Crippen LogP contribution >= 0.6 is 0 Å². The summed E-state index contributed by atoms with van der Waals surface area (Å²) in [6.07, 6.45) is 0. The molecule has 208 valence electrons. The maximum Gasteiger partial charge on any atom is 0.431 e. The Morgan fingerprint density at radius 3 is 1.93 bits per heavy atom. The van der Waals surface area contributed by atoms with E-state index in [0.717, 1.165) is 17.0 Å². The first-order valence-electron chi connectivity index (χ1n) is 15.5. The fourth-order valence-electron chi connectivity index (χ4n) is 7.56. The summed E-state index contributed by atoms with van der Waals surface area (Å²) in [5, 5.41) is 7.27. The molecule has 45 heavy (non-hydrogen) atoms. The normalized spacial score (nSPS) is 13.0. The number of anilines is 3. The van der Waals surface area contributed by atoms with Gasteiger partial charge < -0.3 is 9.55 Å². The van der Waals surface area contributed by atoms with Crippen LogP contribution < -0.4 is 20.5 Å². The molecule has 0 radical (unpaired) electrons. The molecule has 3 heteroatoms. The molecule has 0 atom stereocenters. The van der Waals surface area contributed by atoms with Crippen molar-refractivity contribution in [2.75, 3.05) is 4.90 Å². The van der Waals surface area contributed by atoms with Gasteiger partial charge in [0.2, 0.25) is 0 Å². The molecule has 0 aliphatic carbocycles. The standard InChI is InChI=1S/C42H26BNO/c1-2-11-27(12-3-1)32-24-36-35-23-30-15-4-5-16-31(30)26-40(35)45-43-37-22-21-29-14-7-9-19-34(29)42(37)44(39(25-32)41(36)43)38-20-10-17-28-13-6-8-18-33(28)38/h1-26H. The van der Waals surface area contributed by atoms with E-state index in [1.54, 1.807) is 0 Å². The van der Waals surface area contributed by atoms with Gasteiger partial charge in [0.15, 0.2) is 0 Å². The minimum atomic E-state index is -0.237. The van der Waals surface area contributed by atoms with Gasteiger partial charge in [0.25, 0.3) is 0 Å². The van der Waals surface area contributed by atoms with E-state index >= 15 is 0 Å². The van der Waals surface area contributed by atoms with Crippen molar-refractivity contribution in [3.8, 4) is 28.0 Å². The molecule has 0 aromatic heterocycles. The Balaban J connectivity index is 1.38. The molecule has 0 bridgehead atoms. The van der Waals surface area contributed by atoms with Crippen LogP contribution in [0, 0.1) is 0 Å². The number of hydrogen-bond acceptors (Lipinski definition) is 2. The van der Waals surface area contributed by atoms with Gasteiger partial charge in [-0.1, -0.05) is 127 Å². The van der Waals surface area contributed by atoms with Crippen molar-refractivity contribution in [3.05, 3.63) is 158 Å². The Morgan fingerprint density at radius 1 is 0.444 bits per heavy atom. The molecule has 2 heterocycles. The van der Waals surface area contributed by atoms with Crippen molar-refractivity contribution in [1.29, 1.82) is 0 Å². The van der Waals surface area contributed by atoms with Gasteiger partial charge in [0.05, 0.1) is 11.4 Å². The first-order valence-corrected chi connectivity index (χ1v) is 15.5. The van der Waals surface area contributed by atoms with Crippen molar-refractivity contribution in [3.63, 3.8) is 0 Å². The highest BCUT2D eigenvalue weighted by Crippen LogP contribution is 2.48. The van der Waals surface area contributed by atoms with Crippen LogP contribution in [0.4, 0.5) is 17.1 Å². The molecule has 0 unspecified atom stereocenters.